The predicted molar refractivity (Wildman–Crippen MR) is 59.5 cm³/mol. The number of sulfone groups is 1. The maximum atomic E-state index is 11.3. The highest BCUT2D eigenvalue weighted by Gasteiger charge is 2.38. The van der Waals surface area contributed by atoms with E-state index in [-0.39, 0.29) is 23.1 Å². The van der Waals surface area contributed by atoms with E-state index in [1.54, 1.807) is 7.11 Å². The maximum absolute atomic E-state index is 11.3. The molecule has 1 rings (SSSR count). The second-order valence-corrected chi connectivity index (χ2v) is 6.56. The van der Waals surface area contributed by atoms with Crippen LogP contribution in [-0.4, -0.2) is 51.8 Å². The van der Waals surface area contributed by atoms with Crippen LogP contribution in [0.1, 0.15) is 13.3 Å². The summed E-state index contributed by atoms with van der Waals surface area (Å²) in [5, 5.41) is 3.23. The van der Waals surface area contributed by atoms with Crippen LogP contribution in [0.15, 0.2) is 0 Å². The molecule has 1 saturated heterocycles. The summed E-state index contributed by atoms with van der Waals surface area (Å²) in [6.45, 7) is 2.96. The molecule has 0 radical (unpaired) electrons. The van der Waals surface area contributed by atoms with E-state index >= 15 is 0 Å². The highest BCUT2D eigenvalue weighted by molar-refractivity contribution is 7.91. The molecule has 90 valence electrons. The van der Waals surface area contributed by atoms with Crippen LogP contribution in [0, 0.1) is 0 Å². The average molecular weight is 236 g/mol. The van der Waals surface area contributed by atoms with Crippen LogP contribution in [0.25, 0.3) is 0 Å². The lowest BCUT2D eigenvalue weighted by molar-refractivity contribution is 0.101. The van der Waals surface area contributed by atoms with Crippen molar-refractivity contribution in [2.45, 2.75) is 25.0 Å². The summed E-state index contributed by atoms with van der Waals surface area (Å²) in [6, 6.07) is 0. The van der Waals surface area contributed by atoms with Crippen molar-refractivity contribution in [2.75, 3.05) is 31.7 Å². The molecule has 0 spiro atoms. The normalized spacial score (nSPS) is 31.7. The zero-order valence-electron chi connectivity index (χ0n) is 9.32. The molecule has 1 heterocycles. The van der Waals surface area contributed by atoms with Crippen molar-refractivity contribution < 1.29 is 13.2 Å². The van der Waals surface area contributed by atoms with E-state index in [2.05, 4.69) is 5.32 Å². The molecule has 2 unspecified atom stereocenters. The van der Waals surface area contributed by atoms with Gasteiger partial charge in [-0.15, -0.1) is 0 Å². The average Bonchev–Trinajstić information content (AvgIpc) is 2.43. The van der Waals surface area contributed by atoms with Gasteiger partial charge >= 0.3 is 0 Å². The summed E-state index contributed by atoms with van der Waals surface area (Å²) in [5.41, 5.74) is 5.17. The molecule has 15 heavy (non-hydrogen) atoms. The largest absolute Gasteiger partial charge is 0.379 e. The van der Waals surface area contributed by atoms with Crippen molar-refractivity contribution in [3.05, 3.63) is 0 Å². The molecule has 6 heteroatoms. The van der Waals surface area contributed by atoms with Crippen LogP contribution in [-0.2, 0) is 14.6 Å². The first kappa shape index (κ1) is 12.9. The Labute approximate surface area is 91.3 Å². The Morgan fingerprint density at radius 1 is 1.60 bits per heavy atom. The second kappa shape index (κ2) is 4.78. The Morgan fingerprint density at radius 3 is 2.67 bits per heavy atom. The van der Waals surface area contributed by atoms with E-state index in [9.17, 15) is 8.42 Å². The summed E-state index contributed by atoms with van der Waals surface area (Å²) in [4.78, 5) is 0. The zero-order chi connectivity index (χ0) is 11.5. The fourth-order valence-electron chi connectivity index (χ4n) is 1.77. The van der Waals surface area contributed by atoms with Crippen molar-refractivity contribution in [1.82, 2.24) is 5.32 Å². The number of nitrogens with two attached hydrogens (primary N) is 1. The quantitative estimate of drug-likeness (QED) is 0.648. The van der Waals surface area contributed by atoms with Crippen LogP contribution in [0.2, 0.25) is 0 Å². The summed E-state index contributed by atoms with van der Waals surface area (Å²) in [6.07, 6.45) is 0.612. The van der Waals surface area contributed by atoms with Crippen LogP contribution in [0.3, 0.4) is 0 Å². The van der Waals surface area contributed by atoms with Gasteiger partial charge in [-0.1, -0.05) is 0 Å². The number of nitrogens with one attached hydrogen (secondary N) is 1. The molecule has 1 aliphatic rings. The highest BCUT2D eigenvalue weighted by atomic mass is 32.2. The third-order valence-corrected chi connectivity index (χ3v) is 4.76. The van der Waals surface area contributed by atoms with Gasteiger partial charge in [0.25, 0.3) is 0 Å². The van der Waals surface area contributed by atoms with E-state index < -0.39 is 9.84 Å². The van der Waals surface area contributed by atoms with Gasteiger partial charge in [-0.25, -0.2) is 8.42 Å². The molecule has 5 nitrogen and oxygen atoms in total. The minimum Gasteiger partial charge on any atom is -0.379 e. The Bertz CT molecular complexity index is 300. The van der Waals surface area contributed by atoms with Crippen LogP contribution in [0.5, 0.6) is 0 Å². The second-order valence-electron chi connectivity index (χ2n) is 4.38. The van der Waals surface area contributed by atoms with Gasteiger partial charge in [0.05, 0.1) is 17.6 Å². The Hall–Kier alpha value is -0.170. The maximum Gasteiger partial charge on any atom is 0.152 e. The van der Waals surface area contributed by atoms with Gasteiger partial charge in [0, 0.05) is 25.7 Å². The first-order chi connectivity index (χ1) is 6.91. The van der Waals surface area contributed by atoms with Crippen molar-refractivity contribution in [1.29, 1.82) is 0 Å². The summed E-state index contributed by atoms with van der Waals surface area (Å²) in [7, 11) is -1.25. The number of methoxy groups -OCH3 is 1. The minimum absolute atomic E-state index is 0.0508. The van der Waals surface area contributed by atoms with E-state index in [4.69, 9.17) is 10.5 Å². The molecule has 3 N–H and O–H groups in total. The van der Waals surface area contributed by atoms with Crippen molar-refractivity contribution in [3.63, 3.8) is 0 Å². The molecule has 0 aromatic heterocycles. The van der Waals surface area contributed by atoms with E-state index in [0.29, 0.717) is 19.5 Å². The van der Waals surface area contributed by atoms with Gasteiger partial charge in [-0.05, 0) is 13.3 Å². The fraction of sp³-hybridized carbons (Fsp3) is 1.00. The van der Waals surface area contributed by atoms with E-state index in [1.165, 1.54) is 0 Å². The van der Waals surface area contributed by atoms with E-state index in [1.807, 2.05) is 6.92 Å². The standard InChI is InChI=1S/C9H20N2O3S/c1-9(3-4-15(12,13)7-9)11-6-8(5-10)14-2/h8,11H,3-7,10H2,1-2H3. The highest BCUT2D eigenvalue weighted by Crippen LogP contribution is 2.22. The van der Waals surface area contributed by atoms with Crippen LogP contribution < -0.4 is 11.1 Å². The summed E-state index contributed by atoms with van der Waals surface area (Å²) >= 11 is 0. The molecule has 0 amide bonds. The van der Waals surface area contributed by atoms with Gasteiger partial charge in [0.15, 0.2) is 9.84 Å². The monoisotopic (exact) mass is 236 g/mol. The summed E-state index contributed by atoms with van der Waals surface area (Å²) < 4.78 is 27.8. The number of hydrogen-bond acceptors (Lipinski definition) is 5. The SMILES string of the molecule is COC(CN)CNC1(C)CCS(=O)(=O)C1. The summed E-state index contributed by atoms with van der Waals surface area (Å²) in [5.74, 6) is 0.484. The van der Waals surface area contributed by atoms with Crippen LogP contribution in [0.4, 0.5) is 0 Å². The predicted octanol–water partition coefficient (Wildman–Crippen LogP) is -0.873. The molecule has 2 atom stereocenters. The van der Waals surface area contributed by atoms with Gasteiger partial charge in [-0.2, -0.15) is 0 Å². The van der Waals surface area contributed by atoms with Gasteiger partial charge in [0.2, 0.25) is 0 Å². The van der Waals surface area contributed by atoms with Crippen molar-refractivity contribution in [2.24, 2.45) is 5.73 Å². The Morgan fingerprint density at radius 2 is 2.27 bits per heavy atom. The minimum atomic E-state index is -2.85. The van der Waals surface area contributed by atoms with Crippen molar-refractivity contribution >= 4 is 9.84 Å². The molecule has 1 aliphatic heterocycles. The third kappa shape index (κ3) is 3.71. The van der Waals surface area contributed by atoms with Gasteiger partial charge in [0.1, 0.15) is 0 Å². The van der Waals surface area contributed by atoms with Crippen molar-refractivity contribution in [3.8, 4) is 0 Å². The Kier molecular flexibility index (Phi) is 4.11. The Balaban J connectivity index is 2.45. The molecule has 0 bridgehead atoms. The number of hydrogen-bond donors (Lipinski definition) is 2. The topological polar surface area (TPSA) is 81.4 Å². The molecular formula is C9H20N2O3S. The molecular weight excluding hydrogens is 216 g/mol. The first-order valence-corrected chi connectivity index (χ1v) is 6.91. The third-order valence-electron chi connectivity index (χ3n) is 2.86. The lowest BCUT2D eigenvalue weighted by Crippen LogP contribution is -2.48. The van der Waals surface area contributed by atoms with E-state index in [0.717, 1.165) is 0 Å². The van der Waals surface area contributed by atoms with Gasteiger partial charge in [-0.3, -0.25) is 0 Å². The fourth-order valence-corrected chi connectivity index (χ4v) is 3.90. The number of ether oxygens (including phenoxy) is 1. The number of rotatable bonds is 5. The van der Waals surface area contributed by atoms with Crippen LogP contribution >= 0.6 is 0 Å². The molecule has 0 saturated carbocycles. The molecule has 1 fully saturated rings. The smallest absolute Gasteiger partial charge is 0.152 e. The zero-order valence-corrected chi connectivity index (χ0v) is 10.1. The first-order valence-electron chi connectivity index (χ1n) is 5.09. The molecule has 0 aliphatic carbocycles. The molecule has 0 aromatic rings. The molecule has 0 aromatic carbocycles. The lowest BCUT2D eigenvalue weighted by Gasteiger charge is -2.26. The van der Waals surface area contributed by atoms with Gasteiger partial charge < -0.3 is 15.8 Å². The lowest BCUT2D eigenvalue weighted by atomic mass is 10.0.